The van der Waals surface area contributed by atoms with Crippen LogP contribution in [0.15, 0.2) is 12.2 Å². The quantitative estimate of drug-likeness (QED) is 0.147. The van der Waals surface area contributed by atoms with Crippen molar-refractivity contribution in [3.8, 4) is 0 Å². The van der Waals surface area contributed by atoms with Gasteiger partial charge in [-0.2, -0.15) is 0 Å². The summed E-state index contributed by atoms with van der Waals surface area (Å²) in [6, 6.07) is 0. The van der Waals surface area contributed by atoms with Gasteiger partial charge in [0.2, 0.25) is 5.91 Å². The van der Waals surface area contributed by atoms with Crippen molar-refractivity contribution in [1.29, 1.82) is 0 Å². The van der Waals surface area contributed by atoms with Gasteiger partial charge in [0.05, 0.1) is 30.7 Å². The van der Waals surface area contributed by atoms with E-state index in [2.05, 4.69) is 87.6 Å². The van der Waals surface area contributed by atoms with Crippen LogP contribution in [0, 0.1) is 11.8 Å². The van der Waals surface area contributed by atoms with Crippen molar-refractivity contribution in [3.05, 3.63) is 12.2 Å². The first kappa shape index (κ1) is 38.7. The molecule has 5 unspecified atom stereocenters. The maximum absolute atomic E-state index is 13.8. The van der Waals surface area contributed by atoms with Gasteiger partial charge >= 0.3 is 0 Å². The zero-order valence-electron chi connectivity index (χ0n) is 29.3. The van der Waals surface area contributed by atoms with Gasteiger partial charge in [-0.3, -0.25) is 14.4 Å². The van der Waals surface area contributed by atoms with E-state index < -0.39 is 28.7 Å². The van der Waals surface area contributed by atoms with Crippen LogP contribution in [0.3, 0.4) is 0 Å². The van der Waals surface area contributed by atoms with Crippen molar-refractivity contribution >= 4 is 34.3 Å². The molecule has 1 fully saturated rings. The Bertz CT molecular complexity index is 902. The molecule has 0 aromatic rings. The van der Waals surface area contributed by atoms with Crippen molar-refractivity contribution < 1.29 is 28.0 Å². The molecule has 7 nitrogen and oxygen atoms in total. The molecule has 0 radical (unpaired) electrons. The predicted molar refractivity (Wildman–Crippen MR) is 177 cm³/mol. The number of carbonyl (C=O) groups is 3. The Labute approximate surface area is 259 Å². The highest BCUT2D eigenvalue weighted by atomic mass is 28.4. The molecule has 1 saturated heterocycles. The zero-order valence-corrected chi connectivity index (χ0v) is 31.3. The fourth-order valence-electron chi connectivity index (χ4n) is 6.08. The lowest BCUT2D eigenvalue weighted by Crippen LogP contribution is -2.54. The fraction of sp³-hybridized carbons (Fsp3) is 0.848. The minimum Gasteiger partial charge on any atom is -0.518 e. The van der Waals surface area contributed by atoms with Crippen LogP contribution in [0.4, 0.5) is 0 Å². The average Bonchev–Trinajstić information content (AvgIpc) is 2.85. The van der Waals surface area contributed by atoms with Crippen LogP contribution in [0.1, 0.15) is 109 Å². The first-order valence-corrected chi connectivity index (χ1v) is 21.2. The zero-order chi connectivity index (χ0) is 32.6. The standard InChI is InChI=1S/C33H63NO6Si2/c1-15-16-27(35)19-28-18-17-25(8)29(38-28)20-31(36)34-21-30(39-41(13,14)33(10,11)12)26(9)32(37)40-42(22(2)3,23(4)5)24(6)7/h15-16,22-26,28-30H,17-21H2,1-14H3,(H,34,36)/b16-15+. The summed E-state index contributed by atoms with van der Waals surface area (Å²) in [6.07, 6.45) is 4.69. The molecule has 1 N–H and O–H groups in total. The van der Waals surface area contributed by atoms with Gasteiger partial charge in [0.15, 0.2) is 14.1 Å². The lowest BCUT2D eigenvalue weighted by Gasteiger charge is -2.44. The van der Waals surface area contributed by atoms with E-state index in [4.69, 9.17) is 13.6 Å². The van der Waals surface area contributed by atoms with Crippen molar-refractivity contribution in [2.24, 2.45) is 11.8 Å². The maximum Gasteiger partial charge on any atom is 0.298 e. The molecule has 0 aliphatic carbocycles. The van der Waals surface area contributed by atoms with Crippen LogP contribution >= 0.6 is 0 Å². The Morgan fingerprint density at radius 3 is 1.98 bits per heavy atom. The van der Waals surface area contributed by atoms with Gasteiger partial charge in [-0.25, -0.2) is 0 Å². The van der Waals surface area contributed by atoms with Gasteiger partial charge < -0.3 is 18.9 Å². The molecule has 244 valence electrons. The summed E-state index contributed by atoms with van der Waals surface area (Å²) in [5.41, 5.74) is 0.841. The van der Waals surface area contributed by atoms with Crippen LogP contribution in [-0.4, -0.2) is 59.2 Å². The monoisotopic (exact) mass is 625 g/mol. The van der Waals surface area contributed by atoms with Crippen LogP contribution < -0.4 is 5.32 Å². The second kappa shape index (κ2) is 16.1. The van der Waals surface area contributed by atoms with E-state index in [-0.39, 0.29) is 70.4 Å². The molecule has 0 aromatic heterocycles. The Morgan fingerprint density at radius 2 is 1.50 bits per heavy atom. The minimum atomic E-state index is -2.43. The number of ketones is 1. The summed E-state index contributed by atoms with van der Waals surface area (Å²) in [7, 11) is -4.69. The Morgan fingerprint density at radius 1 is 0.952 bits per heavy atom. The van der Waals surface area contributed by atoms with Crippen LogP contribution in [0.25, 0.3) is 0 Å². The number of ether oxygens (including phenoxy) is 1. The second-order valence-electron chi connectivity index (χ2n) is 15.0. The van der Waals surface area contributed by atoms with E-state index in [9.17, 15) is 14.4 Å². The molecule has 1 heterocycles. The molecule has 1 aliphatic heterocycles. The summed E-state index contributed by atoms with van der Waals surface area (Å²) >= 11 is 0. The van der Waals surface area contributed by atoms with Gasteiger partial charge in [-0.1, -0.05) is 75.3 Å². The molecular weight excluding hydrogens is 563 g/mol. The van der Waals surface area contributed by atoms with E-state index in [1.807, 2.05) is 13.8 Å². The molecule has 0 bridgehead atoms. The first-order chi connectivity index (χ1) is 19.2. The minimum absolute atomic E-state index is 0.0474. The highest BCUT2D eigenvalue weighted by Gasteiger charge is 2.50. The van der Waals surface area contributed by atoms with Crippen molar-refractivity contribution in [1.82, 2.24) is 5.32 Å². The molecule has 1 rings (SSSR count). The van der Waals surface area contributed by atoms with Gasteiger partial charge in [-0.15, -0.1) is 0 Å². The lowest BCUT2D eigenvalue weighted by molar-refractivity contribution is -0.144. The molecule has 5 atom stereocenters. The predicted octanol–water partition coefficient (Wildman–Crippen LogP) is 7.96. The largest absolute Gasteiger partial charge is 0.518 e. The normalized spacial score (nSPS) is 22.1. The Balaban J connectivity index is 3.09. The third-order valence-corrected chi connectivity index (χ3v) is 20.3. The first-order valence-electron chi connectivity index (χ1n) is 16.2. The van der Waals surface area contributed by atoms with Crippen molar-refractivity contribution in [3.63, 3.8) is 0 Å². The van der Waals surface area contributed by atoms with E-state index in [0.29, 0.717) is 6.42 Å². The topological polar surface area (TPSA) is 90.9 Å². The summed E-state index contributed by atoms with van der Waals surface area (Å²) in [6.45, 7) is 29.9. The number of hydrogen-bond acceptors (Lipinski definition) is 6. The summed E-state index contributed by atoms with van der Waals surface area (Å²) in [5.74, 6) is -0.626. The van der Waals surface area contributed by atoms with Gasteiger partial charge in [0, 0.05) is 13.0 Å². The number of allylic oxidation sites excluding steroid dienone is 2. The number of nitrogens with one attached hydrogen (secondary N) is 1. The van der Waals surface area contributed by atoms with E-state index in [1.165, 1.54) is 0 Å². The number of amides is 1. The highest BCUT2D eigenvalue weighted by Crippen LogP contribution is 2.43. The summed E-state index contributed by atoms with van der Waals surface area (Å²) < 4.78 is 19.5. The third kappa shape index (κ3) is 10.4. The van der Waals surface area contributed by atoms with Crippen LogP contribution in [0.5, 0.6) is 0 Å². The molecule has 1 aliphatic rings. The smallest absolute Gasteiger partial charge is 0.298 e. The van der Waals surface area contributed by atoms with E-state index >= 15 is 0 Å². The van der Waals surface area contributed by atoms with Gasteiger partial charge in [-0.05, 0) is 73.4 Å². The lowest BCUT2D eigenvalue weighted by atomic mass is 9.90. The molecule has 42 heavy (non-hydrogen) atoms. The highest BCUT2D eigenvalue weighted by molar-refractivity contribution is 6.79. The van der Waals surface area contributed by atoms with E-state index in [1.54, 1.807) is 12.2 Å². The van der Waals surface area contributed by atoms with Gasteiger partial charge in [0.1, 0.15) is 0 Å². The Hall–Kier alpha value is -1.30. The maximum atomic E-state index is 13.8. The van der Waals surface area contributed by atoms with Crippen molar-refractivity contribution in [2.75, 3.05) is 6.54 Å². The molecule has 0 spiro atoms. The van der Waals surface area contributed by atoms with Crippen LogP contribution in [-0.2, 0) is 28.0 Å². The summed E-state index contributed by atoms with van der Waals surface area (Å²) in [4.78, 5) is 39.1. The summed E-state index contributed by atoms with van der Waals surface area (Å²) in [5, 5.41) is 3.01. The molecule has 1 amide bonds. The number of carbonyl (C=O) groups excluding carboxylic acids is 3. The van der Waals surface area contributed by atoms with Crippen LogP contribution in [0.2, 0.25) is 34.8 Å². The number of hydrogen-bond donors (Lipinski definition) is 1. The third-order valence-electron chi connectivity index (χ3n) is 9.78. The molecular formula is C33H63NO6Si2. The molecule has 0 saturated carbocycles. The van der Waals surface area contributed by atoms with E-state index in [0.717, 1.165) is 12.8 Å². The number of rotatable bonds is 15. The molecule has 9 heteroatoms. The SMILES string of the molecule is C/C=C/C(=O)CC1CCC(C)C(CC(=O)NCC(O[Si](C)(C)C(C)(C)C)C(C)C(=O)O[Si](C(C)C)(C(C)C)C(C)C)O1. The fourth-order valence-corrected chi connectivity index (χ4v) is 12.7. The molecule has 0 aromatic carbocycles. The average molecular weight is 626 g/mol. The Kier molecular flexibility index (Phi) is 14.9. The van der Waals surface area contributed by atoms with Crippen molar-refractivity contribution in [2.45, 2.75) is 162 Å². The van der Waals surface area contributed by atoms with Gasteiger partial charge in [0.25, 0.3) is 14.3 Å². The second-order valence-corrected chi connectivity index (χ2v) is 25.1.